The average Bonchev–Trinajstić information content (AvgIpc) is 2.24. The summed E-state index contributed by atoms with van der Waals surface area (Å²) in [7, 11) is 0. The molecule has 18 heavy (non-hydrogen) atoms. The van der Waals surface area contributed by atoms with Crippen LogP contribution in [0.25, 0.3) is 0 Å². The van der Waals surface area contributed by atoms with Crippen LogP contribution in [-0.2, 0) is 0 Å². The molecule has 0 aromatic rings. The summed E-state index contributed by atoms with van der Waals surface area (Å²) in [5.41, 5.74) is -0.212. The van der Waals surface area contributed by atoms with Crippen molar-refractivity contribution < 1.29 is 18.3 Å². The van der Waals surface area contributed by atoms with Crippen LogP contribution in [0.5, 0.6) is 0 Å². The van der Waals surface area contributed by atoms with Crippen molar-refractivity contribution in [3.05, 3.63) is 0 Å². The number of hydrogen-bond acceptors (Lipinski definition) is 3. The Balaban J connectivity index is 4.51. The Morgan fingerprint density at radius 2 is 1.78 bits per heavy atom. The lowest BCUT2D eigenvalue weighted by atomic mass is 9.86. The molecule has 0 rings (SSSR count). The van der Waals surface area contributed by atoms with E-state index in [4.69, 9.17) is 5.11 Å². The lowest BCUT2D eigenvalue weighted by molar-refractivity contribution is -0.149. The molecule has 0 spiro atoms. The van der Waals surface area contributed by atoms with Crippen LogP contribution in [0.3, 0.4) is 0 Å². The molecular formula is C12H25F3N2O. The third-order valence-electron chi connectivity index (χ3n) is 3.08. The van der Waals surface area contributed by atoms with Crippen molar-refractivity contribution in [3.63, 3.8) is 0 Å². The van der Waals surface area contributed by atoms with Gasteiger partial charge in [0.05, 0.1) is 13.2 Å². The van der Waals surface area contributed by atoms with E-state index in [0.717, 1.165) is 13.0 Å². The van der Waals surface area contributed by atoms with Crippen LogP contribution >= 0.6 is 0 Å². The highest BCUT2D eigenvalue weighted by molar-refractivity contribution is 4.80. The Labute approximate surface area is 107 Å². The summed E-state index contributed by atoms with van der Waals surface area (Å²) >= 11 is 0. The van der Waals surface area contributed by atoms with Crippen LogP contribution < -0.4 is 5.32 Å². The summed E-state index contributed by atoms with van der Waals surface area (Å²) in [4.78, 5) is 1.28. The van der Waals surface area contributed by atoms with E-state index in [1.807, 2.05) is 20.8 Å². The third kappa shape index (κ3) is 7.89. The lowest BCUT2D eigenvalue weighted by Crippen LogP contribution is -2.46. The first-order valence-electron chi connectivity index (χ1n) is 6.37. The van der Waals surface area contributed by atoms with Gasteiger partial charge in [-0.25, -0.2) is 0 Å². The van der Waals surface area contributed by atoms with Crippen molar-refractivity contribution in [1.29, 1.82) is 0 Å². The summed E-state index contributed by atoms with van der Waals surface area (Å²) in [5.74, 6) is 0. The molecule has 0 radical (unpaired) electrons. The van der Waals surface area contributed by atoms with Crippen molar-refractivity contribution in [2.75, 3.05) is 39.3 Å². The molecule has 110 valence electrons. The van der Waals surface area contributed by atoms with Crippen LogP contribution in [0, 0.1) is 5.41 Å². The maximum absolute atomic E-state index is 12.4. The largest absolute Gasteiger partial charge is 0.401 e. The molecule has 6 heteroatoms. The highest BCUT2D eigenvalue weighted by atomic mass is 19.4. The molecule has 3 nitrogen and oxygen atoms in total. The SMILES string of the molecule is CCNCC(C)(CC)CN(CCO)CC(F)(F)F. The van der Waals surface area contributed by atoms with Crippen molar-refractivity contribution in [2.45, 2.75) is 33.4 Å². The van der Waals surface area contributed by atoms with Gasteiger partial charge in [-0.2, -0.15) is 13.2 Å². The zero-order valence-electron chi connectivity index (χ0n) is 11.5. The number of hydrogen-bond donors (Lipinski definition) is 2. The number of nitrogens with one attached hydrogen (secondary N) is 1. The Hall–Kier alpha value is -0.330. The number of aliphatic hydroxyl groups excluding tert-OH is 1. The van der Waals surface area contributed by atoms with Crippen LogP contribution in [0.15, 0.2) is 0 Å². The molecule has 0 heterocycles. The second-order valence-electron chi connectivity index (χ2n) is 4.99. The van der Waals surface area contributed by atoms with Crippen LogP contribution in [-0.4, -0.2) is 55.5 Å². The molecule has 1 unspecified atom stereocenters. The van der Waals surface area contributed by atoms with Crippen LogP contribution in [0.1, 0.15) is 27.2 Å². The van der Waals surface area contributed by atoms with Gasteiger partial charge in [0.1, 0.15) is 0 Å². The lowest BCUT2D eigenvalue weighted by Gasteiger charge is -2.35. The zero-order chi connectivity index (χ0) is 14.2. The molecule has 0 aliphatic carbocycles. The minimum Gasteiger partial charge on any atom is -0.395 e. The van der Waals surface area contributed by atoms with Crippen LogP contribution in [0.4, 0.5) is 13.2 Å². The normalized spacial score (nSPS) is 16.0. The highest BCUT2D eigenvalue weighted by Gasteiger charge is 2.33. The smallest absolute Gasteiger partial charge is 0.395 e. The van der Waals surface area contributed by atoms with Crippen molar-refractivity contribution in [1.82, 2.24) is 10.2 Å². The summed E-state index contributed by atoms with van der Waals surface area (Å²) in [6.45, 7) is 6.56. The molecule has 2 N–H and O–H groups in total. The monoisotopic (exact) mass is 270 g/mol. The predicted molar refractivity (Wildman–Crippen MR) is 66.5 cm³/mol. The van der Waals surface area contributed by atoms with E-state index < -0.39 is 12.7 Å². The number of alkyl halides is 3. The fourth-order valence-corrected chi connectivity index (χ4v) is 1.87. The van der Waals surface area contributed by atoms with E-state index in [0.29, 0.717) is 13.1 Å². The molecular weight excluding hydrogens is 245 g/mol. The summed E-state index contributed by atoms with van der Waals surface area (Å²) in [6.07, 6.45) is -3.43. The maximum atomic E-state index is 12.4. The molecule has 0 aliphatic rings. The van der Waals surface area contributed by atoms with Gasteiger partial charge in [0.25, 0.3) is 0 Å². The summed E-state index contributed by atoms with van der Waals surface area (Å²) in [5, 5.41) is 12.0. The number of rotatable bonds is 9. The van der Waals surface area contributed by atoms with Crippen molar-refractivity contribution in [3.8, 4) is 0 Å². The van der Waals surface area contributed by atoms with Crippen LogP contribution in [0.2, 0.25) is 0 Å². The first-order chi connectivity index (χ1) is 8.26. The van der Waals surface area contributed by atoms with Gasteiger partial charge in [0.2, 0.25) is 0 Å². The summed E-state index contributed by atoms with van der Waals surface area (Å²) < 4.78 is 37.3. The van der Waals surface area contributed by atoms with Gasteiger partial charge in [-0.1, -0.05) is 20.8 Å². The second-order valence-corrected chi connectivity index (χ2v) is 4.99. The van der Waals surface area contributed by atoms with Crippen molar-refractivity contribution >= 4 is 0 Å². The van der Waals surface area contributed by atoms with E-state index in [2.05, 4.69) is 5.32 Å². The average molecular weight is 270 g/mol. The van der Waals surface area contributed by atoms with E-state index >= 15 is 0 Å². The van der Waals surface area contributed by atoms with Crippen molar-refractivity contribution in [2.24, 2.45) is 5.41 Å². The first-order valence-corrected chi connectivity index (χ1v) is 6.37. The van der Waals surface area contributed by atoms with E-state index in [1.54, 1.807) is 0 Å². The van der Waals surface area contributed by atoms with Gasteiger partial charge < -0.3 is 10.4 Å². The molecule has 0 bridgehead atoms. The number of nitrogens with zero attached hydrogens (tertiary/aromatic N) is 1. The topological polar surface area (TPSA) is 35.5 Å². The van der Waals surface area contributed by atoms with E-state index in [1.165, 1.54) is 4.90 Å². The third-order valence-corrected chi connectivity index (χ3v) is 3.08. The fourth-order valence-electron chi connectivity index (χ4n) is 1.87. The minimum atomic E-state index is -4.22. The quantitative estimate of drug-likeness (QED) is 0.671. The van der Waals surface area contributed by atoms with E-state index in [-0.39, 0.29) is 18.6 Å². The standard InChI is InChI=1S/C12H25F3N2O/c1-4-11(3,8-16-5-2)9-17(6-7-18)10-12(13,14)15/h16,18H,4-10H2,1-3H3. The Morgan fingerprint density at radius 1 is 1.17 bits per heavy atom. The number of halogens is 3. The predicted octanol–water partition coefficient (Wildman–Crippen LogP) is 1.87. The molecule has 0 aliphatic heterocycles. The van der Waals surface area contributed by atoms with Gasteiger partial charge in [0, 0.05) is 19.6 Å². The van der Waals surface area contributed by atoms with Gasteiger partial charge in [-0.3, -0.25) is 4.90 Å². The molecule has 0 saturated heterocycles. The van der Waals surface area contributed by atoms with Gasteiger partial charge in [0.15, 0.2) is 0 Å². The zero-order valence-corrected chi connectivity index (χ0v) is 11.5. The highest BCUT2D eigenvalue weighted by Crippen LogP contribution is 2.24. The maximum Gasteiger partial charge on any atom is 0.401 e. The summed E-state index contributed by atoms with van der Waals surface area (Å²) in [6, 6.07) is 0. The van der Waals surface area contributed by atoms with Gasteiger partial charge in [-0.05, 0) is 18.4 Å². The first kappa shape index (κ1) is 17.7. The Kier molecular flexibility index (Phi) is 7.82. The Bertz CT molecular complexity index is 224. The number of aliphatic hydroxyl groups is 1. The molecule has 0 aromatic carbocycles. The Morgan fingerprint density at radius 3 is 2.17 bits per heavy atom. The molecule has 0 saturated carbocycles. The van der Waals surface area contributed by atoms with E-state index in [9.17, 15) is 13.2 Å². The molecule has 0 fully saturated rings. The fraction of sp³-hybridized carbons (Fsp3) is 1.00. The molecule has 0 aromatic heterocycles. The molecule has 1 atom stereocenters. The van der Waals surface area contributed by atoms with Gasteiger partial charge in [-0.15, -0.1) is 0 Å². The minimum absolute atomic E-state index is 0.0568. The van der Waals surface area contributed by atoms with Gasteiger partial charge >= 0.3 is 6.18 Å². The second kappa shape index (κ2) is 7.96. The molecule has 0 amide bonds.